The Morgan fingerprint density at radius 1 is 1.56 bits per heavy atom. The van der Waals surface area contributed by atoms with Crippen molar-refractivity contribution in [2.45, 2.75) is 38.3 Å². The number of aliphatic carboxylic acids is 1. The quantitative estimate of drug-likeness (QED) is 0.682. The zero-order valence-corrected chi connectivity index (χ0v) is 9.81. The average Bonchev–Trinajstić information content (AvgIpc) is 2.76. The summed E-state index contributed by atoms with van der Waals surface area (Å²) < 4.78 is 1.86. The van der Waals surface area contributed by atoms with Crippen LogP contribution in [0.15, 0.2) is 18.5 Å². The number of hydrogen-bond acceptors (Lipinski definition) is 3. The highest BCUT2D eigenvalue weighted by Gasteiger charge is 2.29. The van der Waals surface area contributed by atoms with E-state index in [-0.39, 0.29) is 0 Å². The van der Waals surface area contributed by atoms with Crippen LogP contribution in [0.5, 0.6) is 0 Å². The molecule has 1 rings (SSSR count). The Hall–Kier alpha value is -1.36. The van der Waals surface area contributed by atoms with Crippen LogP contribution in [0.3, 0.4) is 0 Å². The lowest BCUT2D eigenvalue weighted by Gasteiger charge is -2.23. The highest BCUT2D eigenvalue weighted by Crippen LogP contribution is 2.14. The highest BCUT2D eigenvalue weighted by molar-refractivity contribution is 5.78. The van der Waals surface area contributed by atoms with E-state index in [0.717, 1.165) is 19.4 Å². The number of nitrogens with one attached hydrogen (secondary N) is 1. The highest BCUT2D eigenvalue weighted by atomic mass is 16.4. The number of aromatic nitrogens is 2. The van der Waals surface area contributed by atoms with Crippen molar-refractivity contribution in [3.8, 4) is 0 Å². The van der Waals surface area contributed by atoms with Crippen molar-refractivity contribution in [2.75, 3.05) is 7.05 Å². The summed E-state index contributed by atoms with van der Waals surface area (Å²) in [6.07, 6.45) is 6.08. The van der Waals surface area contributed by atoms with Crippen molar-refractivity contribution in [1.29, 1.82) is 0 Å². The van der Waals surface area contributed by atoms with E-state index in [4.69, 9.17) is 5.11 Å². The molecule has 0 aliphatic carbocycles. The molecule has 5 heteroatoms. The summed E-state index contributed by atoms with van der Waals surface area (Å²) in [5, 5.41) is 16.0. The molecule has 0 saturated carbocycles. The van der Waals surface area contributed by atoms with E-state index in [2.05, 4.69) is 10.4 Å². The monoisotopic (exact) mass is 225 g/mol. The van der Waals surface area contributed by atoms with E-state index < -0.39 is 11.5 Å². The second-order valence-corrected chi connectivity index (χ2v) is 4.11. The molecular formula is C11H19N3O2. The first-order chi connectivity index (χ1) is 7.58. The largest absolute Gasteiger partial charge is 0.480 e. The van der Waals surface area contributed by atoms with Crippen molar-refractivity contribution in [2.24, 2.45) is 0 Å². The second kappa shape index (κ2) is 5.65. The molecule has 0 aliphatic rings. The van der Waals surface area contributed by atoms with Crippen LogP contribution < -0.4 is 5.32 Å². The normalized spacial score (nSPS) is 14.6. The Morgan fingerprint density at radius 2 is 2.31 bits per heavy atom. The van der Waals surface area contributed by atoms with Crippen LogP contribution in [0.4, 0.5) is 0 Å². The number of hydrogen-bond donors (Lipinski definition) is 2. The molecule has 1 atom stereocenters. The molecule has 2 N–H and O–H groups in total. The van der Waals surface area contributed by atoms with Gasteiger partial charge in [0.15, 0.2) is 0 Å². The zero-order chi connectivity index (χ0) is 12.0. The predicted octanol–water partition coefficient (Wildman–Crippen LogP) is 1.12. The van der Waals surface area contributed by atoms with Crippen LogP contribution in [0.2, 0.25) is 0 Å². The molecule has 0 bridgehead atoms. The lowest BCUT2D eigenvalue weighted by atomic mass is 9.95. The number of carbonyl (C=O) groups is 1. The number of unbranched alkanes of at least 4 members (excludes halogenated alkanes) is 1. The van der Waals surface area contributed by atoms with Gasteiger partial charge in [0, 0.05) is 18.9 Å². The summed E-state index contributed by atoms with van der Waals surface area (Å²) in [7, 11) is 1.68. The van der Waals surface area contributed by atoms with Gasteiger partial charge in [-0.3, -0.25) is 9.48 Å². The van der Waals surface area contributed by atoms with Crippen molar-refractivity contribution in [3.05, 3.63) is 18.5 Å². The minimum Gasteiger partial charge on any atom is -0.480 e. The number of carboxylic acids is 1. The van der Waals surface area contributed by atoms with Crippen molar-refractivity contribution in [3.63, 3.8) is 0 Å². The Kier molecular flexibility index (Phi) is 4.49. The Bertz CT molecular complexity index is 324. The average molecular weight is 225 g/mol. The first-order valence-corrected chi connectivity index (χ1v) is 5.48. The fourth-order valence-electron chi connectivity index (χ4n) is 1.52. The van der Waals surface area contributed by atoms with Crippen LogP contribution in [0, 0.1) is 0 Å². The maximum absolute atomic E-state index is 11.0. The van der Waals surface area contributed by atoms with E-state index >= 15 is 0 Å². The number of carboxylic acid groups (broad SMARTS) is 1. The van der Waals surface area contributed by atoms with Crippen LogP contribution in [0.1, 0.15) is 26.2 Å². The van der Waals surface area contributed by atoms with Crippen molar-refractivity contribution >= 4 is 5.97 Å². The molecule has 0 aliphatic heterocycles. The van der Waals surface area contributed by atoms with Gasteiger partial charge < -0.3 is 10.4 Å². The van der Waals surface area contributed by atoms with Crippen LogP contribution in [-0.4, -0.2) is 33.4 Å². The summed E-state index contributed by atoms with van der Waals surface area (Å²) in [6.45, 7) is 2.55. The minimum absolute atomic E-state index is 0.625. The van der Waals surface area contributed by atoms with E-state index in [0.29, 0.717) is 6.42 Å². The fourth-order valence-corrected chi connectivity index (χ4v) is 1.52. The third kappa shape index (κ3) is 3.34. The molecule has 0 radical (unpaired) electrons. The third-order valence-electron chi connectivity index (χ3n) is 2.90. The maximum Gasteiger partial charge on any atom is 0.323 e. The topological polar surface area (TPSA) is 67.2 Å². The van der Waals surface area contributed by atoms with Gasteiger partial charge in [0.1, 0.15) is 5.54 Å². The van der Waals surface area contributed by atoms with Gasteiger partial charge in [-0.1, -0.05) is 0 Å². The number of likely N-dealkylation sites (N-methyl/N-ethyl adjacent to an activating group) is 1. The minimum atomic E-state index is -0.815. The predicted molar refractivity (Wildman–Crippen MR) is 61.2 cm³/mol. The molecule has 0 amide bonds. The van der Waals surface area contributed by atoms with Gasteiger partial charge in [-0.15, -0.1) is 0 Å². The standard InChI is InChI=1S/C11H19N3O2/c1-11(12-2,10(15)16)6-3-4-8-14-9-5-7-13-14/h5,7,9,12H,3-4,6,8H2,1-2H3,(H,15,16). The molecule has 0 aromatic carbocycles. The molecule has 5 nitrogen and oxygen atoms in total. The lowest BCUT2D eigenvalue weighted by molar-refractivity contribution is -0.144. The summed E-state index contributed by atoms with van der Waals surface area (Å²) in [5.74, 6) is -0.797. The maximum atomic E-state index is 11.0. The van der Waals surface area contributed by atoms with Crippen molar-refractivity contribution < 1.29 is 9.90 Å². The molecule has 90 valence electrons. The first-order valence-electron chi connectivity index (χ1n) is 5.48. The van der Waals surface area contributed by atoms with Gasteiger partial charge in [0.25, 0.3) is 0 Å². The van der Waals surface area contributed by atoms with E-state index in [1.165, 1.54) is 0 Å². The number of nitrogens with zero attached hydrogens (tertiary/aromatic N) is 2. The molecule has 0 spiro atoms. The van der Waals surface area contributed by atoms with E-state index in [9.17, 15) is 4.79 Å². The summed E-state index contributed by atoms with van der Waals surface area (Å²) >= 11 is 0. The molecule has 1 aromatic rings. The van der Waals surface area contributed by atoms with Gasteiger partial charge in [0.2, 0.25) is 0 Å². The van der Waals surface area contributed by atoms with Gasteiger partial charge in [0.05, 0.1) is 0 Å². The fraction of sp³-hybridized carbons (Fsp3) is 0.636. The SMILES string of the molecule is CNC(C)(CCCCn1cccn1)C(=O)O. The van der Waals surface area contributed by atoms with Gasteiger partial charge >= 0.3 is 5.97 Å². The molecule has 0 fully saturated rings. The summed E-state index contributed by atoms with van der Waals surface area (Å²) in [4.78, 5) is 11.0. The van der Waals surface area contributed by atoms with Gasteiger partial charge in [-0.25, -0.2) is 0 Å². The Labute approximate surface area is 95.5 Å². The first kappa shape index (κ1) is 12.7. The van der Waals surface area contributed by atoms with Gasteiger partial charge in [-0.05, 0) is 39.3 Å². The van der Waals surface area contributed by atoms with Crippen molar-refractivity contribution in [1.82, 2.24) is 15.1 Å². The van der Waals surface area contributed by atoms with E-state index in [1.807, 2.05) is 16.9 Å². The molecule has 1 heterocycles. The second-order valence-electron chi connectivity index (χ2n) is 4.11. The number of rotatable bonds is 7. The summed E-state index contributed by atoms with van der Waals surface area (Å²) in [6, 6.07) is 1.88. The smallest absolute Gasteiger partial charge is 0.323 e. The molecule has 16 heavy (non-hydrogen) atoms. The number of aryl methyl sites for hydroxylation is 1. The van der Waals surface area contributed by atoms with Gasteiger partial charge in [-0.2, -0.15) is 5.10 Å². The zero-order valence-electron chi connectivity index (χ0n) is 9.81. The third-order valence-corrected chi connectivity index (χ3v) is 2.90. The molecular weight excluding hydrogens is 206 g/mol. The molecule has 0 saturated heterocycles. The lowest BCUT2D eigenvalue weighted by Crippen LogP contribution is -2.47. The Morgan fingerprint density at radius 3 is 2.81 bits per heavy atom. The molecule has 1 unspecified atom stereocenters. The summed E-state index contributed by atoms with van der Waals surface area (Å²) in [5.41, 5.74) is -0.815. The van der Waals surface area contributed by atoms with E-state index in [1.54, 1.807) is 20.2 Å². The molecule has 1 aromatic heterocycles. The Balaban J connectivity index is 2.26. The van der Waals surface area contributed by atoms with Crippen LogP contribution >= 0.6 is 0 Å². The van der Waals surface area contributed by atoms with Crippen LogP contribution in [-0.2, 0) is 11.3 Å². The van der Waals surface area contributed by atoms with Crippen LogP contribution in [0.25, 0.3) is 0 Å².